The molecule has 0 spiro atoms. The van der Waals surface area contributed by atoms with E-state index in [1.807, 2.05) is 4.90 Å². The lowest BCUT2D eigenvalue weighted by Gasteiger charge is -2.38. The summed E-state index contributed by atoms with van der Waals surface area (Å²) in [6.07, 6.45) is 1.55. The maximum absolute atomic E-state index is 11.9. The number of carbonyl (C=O) groups is 1. The highest BCUT2D eigenvalue weighted by Gasteiger charge is 2.36. The minimum Gasteiger partial charge on any atom is -0.331 e. The summed E-state index contributed by atoms with van der Waals surface area (Å²) in [5.41, 5.74) is 7.27. The van der Waals surface area contributed by atoms with Crippen LogP contribution in [-0.4, -0.2) is 48.0 Å². The molecule has 0 bridgehead atoms. The van der Waals surface area contributed by atoms with Crippen molar-refractivity contribution in [2.24, 2.45) is 5.73 Å². The first kappa shape index (κ1) is 15.3. The Kier molecular flexibility index (Phi) is 4.34. The van der Waals surface area contributed by atoms with Gasteiger partial charge in [0.15, 0.2) is 0 Å². The van der Waals surface area contributed by atoms with Crippen molar-refractivity contribution in [1.82, 2.24) is 14.8 Å². The summed E-state index contributed by atoms with van der Waals surface area (Å²) < 4.78 is 0. The Balaban J connectivity index is 2.05. The lowest BCUT2D eigenvalue weighted by atomic mass is 9.89. The lowest BCUT2D eigenvalue weighted by molar-refractivity contribution is 0.138. The number of urea groups is 1. The first-order valence-electron chi connectivity index (χ1n) is 7.04. The van der Waals surface area contributed by atoms with E-state index in [2.05, 4.69) is 24.2 Å². The summed E-state index contributed by atoms with van der Waals surface area (Å²) in [6.45, 7) is 5.68. The maximum atomic E-state index is 11.9. The monoisotopic (exact) mass is 296 g/mol. The lowest BCUT2D eigenvalue weighted by Crippen LogP contribution is -2.51. The third-order valence-electron chi connectivity index (χ3n) is 3.85. The Labute approximate surface area is 124 Å². The predicted octanol–water partition coefficient (Wildman–Crippen LogP) is 2.20. The van der Waals surface area contributed by atoms with Crippen LogP contribution >= 0.6 is 11.3 Å². The number of hydrogen-bond donors (Lipinski definition) is 1. The fourth-order valence-corrected chi connectivity index (χ4v) is 3.53. The van der Waals surface area contributed by atoms with Crippen molar-refractivity contribution in [3.8, 4) is 0 Å². The number of aromatic nitrogens is 1. The van der Waals surface area contributed by atoms with Crippen LogP contribution in [0, 0.1) is 0 Å². The summed E-state index contributed by atoms with van der Waals surface area (Å²) in [5.74, 6) is 0.430. The van der Waals surface area contributed by atoms with Crippen LogP contribution in [0.15, 0.2) is 5.38 Å². The smallest absolute Gasteiger partial charge is 0.319 e. The number of rotatable bonds is 2. The van der Waals surface area contributed by atoms with E-state index in [9.17, 15) is 4.79 Å². The number of hydrogen-bond acceptors (Lipinski definition) is 4. The fourth-order valence-electron chi connectivity index (χ4n) is 2.37. The van der Waals surface area contributed by atoms with Gasteiger partial charge in [0.05, 0.1) is 11.2 Å². The molecular weight excluding hydrogens is 272 g/mol. The van der Waals surface area contributed by atoms with Gasteiger partial charge in [-0.25, -0.2) is 9.78 Å². The average molecular weight is 296 g/mol. The zero-order valence-corrected chi connectivity index (χ0v) is 13.5. The molecule has 1 aliphatic heterocycles. The summed E-state index contributed by atoms with van der Waals surface area (Å²) >= 11 is 1.65. The van der Waals surface area contributed by atoms with E-state index in [-0.39, 0.29) is 11.6 Å². The van der Waals surface area contributed by atoms with E-state index in [0.29, 0.717) is 19.0 Å². The molecule has 0 radical (unpaired) electrons. The first-order valence-corrected chi connectivity index (χ1v) is 7.92. The highest BCUT2D eigenvalue weighted by atomic mass is 32.1. The van der Waals surface area contributed by atoms with Gasteiger partial charge in [-0.1, -0.05) is 13.8 Å². The van der Waals surface area contributed by atoms with Gasteiger partial charge >= 0.3 is 6.03 Å². The third kappa shape index (κ3) is 2.96. The summed E-state index contributed by atoms with van der Waals surface area (Å²) in [7, 11) is 3.56. The summed E-state index contributed by atoms with van der Waals surface area (Å²) in [4.78, 5) is 20.1. The summed E-state index contributed by atoms with van der Waals surface area (Å²) in [5, 5.41) is 3.12. The minimum atomic E-state index is -0.374. The molecule has 20 heavy (non-hydrogen) atoms. The molecule has 1 aromatic rings. The molecule has 2 rings (SSSR count). The Bertz CT molecular complexity index is 475. The molecule has 2 heterocycles. The van der Waals surface area contributed by atoms with E-state index in [1.54, 1.807) is 30.3 Å². The fraction of sp³-hybridized carbons (Fsp3) is 0.714. The molecule has 1 fully saturated rings. The van der Waals surface area contributed by atoms with Crippen LogP contribution in [0.1, 0.15) is 43.3 Å². The van der Waals surface area contributed by atoms with Crippen molar-refractivity contribution in [2.45, 2.75) is 38.1 Å². The largest absolute Gasteiger partial charge is 0.331 e. The van der Waals surface area contributed by atoms with Crippen molar-refractivity contribution in [2.75, 3.05) is 27.2 Å². The van der Waals surface area contributed by atoms with E-state index in [1.165, 1.54) is 0 Å². The van der Waals surface area contributed by atoms with Crippen molar-refractivity contribution in [3.05, 3.63) is 16.1 Å². The molecule has 0 saturated carbocycles. The van der Waals surface area contributed by atoms with Gasteiger partial charge in [0, 0.05) is 32.6 Å². The van der Waals surface area contributed by atoms with Gasteiger partial charge in [-0.2, -0.15) is 0 Å². The Morgan fingerprint density at radius 3 is 2.50 bits per heavy atom. The number of nitrogens with two attached hydrogens (primary N) is 1. The van der Waals surface area contributed by atoms with E-state index in [0.717, 1.165) is 23.5 Å². The van der Waals surface area contributed by atoms with Crippen LogP contribution in [0.2, 0.25) is 0 Å². The van der Waals surface area contributed by atoms with Crippen LogP contribution < -0.4 is 5.73 Å². The summed E-state index contributed by atoms with van der Waals surface area (Å²) in [6, 6.07) is 0.0639. The zero-order valence-electron chi connectivity index (χ0n) is 12.7. The Hall–Kier alpha value is -1.14. The number of thiazole rings is 1. The molecular formula is C14H24N4OS. The normalized spacial score (nSPS) is 18.4. The molecule has 0 aliphatic carbocycles. The number of piperidine rings is 1. The van der Waals surface area contributed by atoms with Crippen molar-refractivity contribution in [3.63, 3.8) is 0 Å². The van der Waals surface area contributed by atoms with Crippen molar-refractivity contribution < 1.29 is 4.79 Å². The Morgan fingerprint density at radius 2 is 2.05 bits per heavy atom. The van der Waals surface area contributed by atoms with Gasteiger partial charge < -0.3 is 15.5 Å². The second-order valence-corrected chi connectivity index (χ2v) is 6.91. The molecule has 5 nitrogen and oxygen atoms in total. The van der Waals surface area contributed by atoms with Crippen molar-refractivity contribution >= 4 is 17.4 Å². The van der Waals surface area contributed by atoms with Gasteiger partial charge in [-0.05, 0) is 18.8 Å². The first-order chi connectivity index (χ1) is 9.33. The molecule has 112 valence electrons. The zero-order chi connectivity index (χ0) is 14.9. The molecule has 0 unspecified atom stereocenters. The third-order valence-corrected chi connectivity index (χ3v) is 4.93. The number of carbonyl (C=O) groups excluding carboxylic acids is 1. The van der Waals surface area contributed by atoms with Crippen LogP contribution in [0.3, 0.4) is 0 Å². The molecule has 0 aromatic carbocycles. The van der Waals surface area contributed by atoms with Gasteiger partial charge in [0.1, 0.15) is 5.01 Å². The van der Waals surface area contributed by atoms with Crippen LogP contribution in [-0.2, 0) is 5.54 Å². The highest BCUT2D eigenvalue weighted by molar-refractivity contribution is 7.09. The molecule has 1 aliphatic rings. The van der Waals surface area contributed by atoms with E-state index >= 15 is 0 Å². The van der Waals surface area contributed by atoms with Gasteiger partial charge in [-0.15, -0.1) is 11.3 Å². The maximum Gasteiger partial charge on any atom is 0.319 e. The van der Waals surface area contributed by atoms with Gasteiger partial charge in [0.2, 0.25) is 0 Å². The van der Waals surface area contributed by atoms with Crippen LogP contribution in [0.5, 0.6) is 0 Å². The number of likely N-dealkylation sites (tertiary alicyclic amines) is 1. The topological polar surface area (TPSA) is 62.5 Å². The predicted molar refractivity (Wildman–Crippen MR) is 82.0 cm³/mol. The molecule has 1 aromatic heterocycles. The van der Waals surface area contributed by atoms with Gasteiger partial charge in [-0.3, -0.25) is 0 Å². The minimum absolute atomic E-state index is 0.0639. The highest BCUT2D eigenvalue weighted by Crippen LogP contribution is 2.33. The number of nitrogens with zero attached hydrogens (tertiary/aromatic N) is 3. The van der Waals surface area contributed by atoms with E-state index < -0.39 is 0 Å². The van der Waals surface area contributed by atoms with Crippen molar-refractivity contribution in [1.29, 1.82) is 0 Å². The standard InChI is InChI=1S/C14H24N4OS/c1-10(2)11-9-20-12(16-11)14(15)5-7-18(8-6-14)13(19)17(3)4/h9-10H,5-8,15H2,1-4H3. The molecule has 2 N–H and O–H groups in total. The van der Waals surface area contributed by atoms with Gasteiger partial charge in [0.25, 0.3) is 0 Å². The quantitative estimate of drug-likeness (QED) is 0.910. The Morgan fingerprint density at radius 1 is 1.45 bits per heavy atom. The molecule has 6 heteroatoms. The molecule has 0 atom stereocenters. The van der Waals surface area contributed by atoms with Crippen LogP contribution in [0.4, 0.5) is 4.79 Å². The van der Waals surface area contributed by atoms with Crippen LogP contribution in [0.25, 0.3) is 0 Å². The van der Waals surface area contributed by atoms with E-state index in [4.69, 9.17) is 5.73 Å². The second-order valence-electron chi connectivity index (χ2n) is 6.05. The second kappa shape index (κ2) is 5.69. The molecule has 2 amide bonds. The number of amides is 2. The molecule has 1 saturated heterocycles. The SMILES string of the molecule is CC(C)c1csc(C2(N)CCN(C(=O)N(C)C)CC2)n1. The average Bonchev–Trinajstić information content (AvgIpc) is 2.89.